The van der Waals surface area contributed by atoms with Gasteiger partial charge < -0.3 is 31.5 Å². The summed E-state index contributed by atoms with van der Waals surface area (Å²) in [6.45, 7) is 5.66. The number of amides is 2. The van der Waals surface area contributed by atoms with E-state index in [2.05, 4.69) is 41.4 Å². The number of anilines is 6. The van der Waals surface area contributed by atoms with Crippen molar-refractivity contribution in [1.82, 2.24) is 20.2 Å². The van der Waals surface area contributed by atoms with Gasteiger partial charge in [-0.2, -0.15) is 10.1 Å². The number of phenolic OH excluding ortho intramolecular Hbond substituents is 2. The van der Waals surface area contributed by atoms with Crippen LogP contribution in [-0.4, -0.2) is 36.4 Å². The van der Waals surface area contributed by atoms with Crippen molar-refractivity contribution in [2.24, 2.45) is 0 Å². The number of aromatic nitrogens is 4. The van der Waals surface area contributed by atoms with Crippen LogP contribution in [0.5, 0.6) is 11.5 Å². The van der Waals surface area contributed by atoms with Crippen molar-refractivity contribution in [3.63, 3.8) is 0 Å². The lowest BCUT2D eigenvalue weighted by Crippen LogP contribution is -2.19. The Kier molecular flexibility index (Phi) is 6.17. The van der Waals surface area contributed by atoms with Gasteiger partial charge in [0.2, 0.25) is 5.95 Å². The standard InChI is InChI=1S/C23H24N8O3/c1-12-6-15(25-23(34)26-16-9-17(32)11-18(33)10-16)4-5-19(12)27-22-24-13(2)7-20(29-22)28-21-8-14(3)30-31-21/h4-11,32-33H,1-3H3,(H2,25,26,34)(H3,24,27,28,29,30,31). The van der Waals surface area contributed by atoms with Crippen molar-refractivity contribution in [3.05, 3.63) is 65.5 Å². The zero-order valence-corrected chi connectivity index (χ0v) is 18.8. The van der Waals surface area contributed by atoms with Gasteiger partial charge in [-0.05, 0) is 44.5 Å². The molecule has 11 nitrogen and oxygen atoms in total. The molecule has 11 heteroatoms. The Morgan fingerprint density at radius 1 is 0.824 bits per heavy atom. The predicted molar refractivity (Wildman–Crippen MR) is 130 cm³/mol. The molecule has 0 saturated heterocycles. The van der Waals surface area contributed by atoms with Crippen molar-refractivity contribution < 1.29 is 15.0 Å². The molecular weight excluding hydrogens is 436 g/mol. The second-order valence-corrected chi connectivity index (χ2v) is 7.74. The molecule has 0 aliphatic carbocycles. The zero-order chi connectivity index (χ0) is 24.2. The van der Waals surface area contributed by atoms with E-state index in [9.17, 15) is 15.0 Å². The molecular formula is C23H24N8O3. The maximum absolute atomic E-state index is 12.3. The summed E-state index contributed by atoms with van der Waals surface area (Å²) < 4.78 is 0. The highest BCUT2D eigenvalue weighted by atomic mass is 16.3. The van der Waals surface area contributed by atoms with Gasteiger partial charge >= 0.3 is 6.03 Å². The molecule has 34 heavy (non-hydrogen) atoms. The average molecular weight is 460 g/mol. The Balaban J connectivity index is 1.43. The lowest BCUT2D eigenvalue weighted by atomic mass is 10.2. The molecule has 2 aromatic heterocycles. The summed E-state index contributed by atoms with van der Waals surface area (Å²) in [4.78, 5) is 21.2. The topological polar surface area (TPSA) is 160 Å². The summed E-state index contributed by atoms with van der Waals surface area (Å²) in [5.41, 5.74) is 4.10. The highest BCUT2D eigenvalue weighted by Gasteiger charge is 2.09. The highest BCUT2D eigenvalue weighted by molar-refractivity contribution is 6.00. The van der Waals surface area contributed by atoms with Crippen molar-refractivity contribution in [2.75, 3.05) is 21.3 Å². The smallest absolute Gasteiger partial charge is 0.323 e. The average Bonchev–Trinajstić information content (AvgIpc) is 3.13. The number of aromatic amines is 1. The minimum atomic E-state index is -0.517. The summed E-state index contributed by atoms with van der Waals surface area (Å²) in [7, 11) is 0. The van der Waals surface area contributed by atoms with E-state index in [1.54, 1.807) is 12.1 Å². The summed E-state index contributed by atoms with van der Waals surface area (Å²) in [5.74, 6) is 1.46. The second-order valence-electron chi connectivity index (χ2n) is 7.74. The lowest BCUT2D eigenvalue weighted by molar-refractivity contribution is 0.262. The fourth-order valence-electron chi connectivity index (χ4n) is 3.28. The minimum absolute atomic E-state index is 0.155. The highest BCUT2D eigenvalue weighted by Crippen LogP contribution is 2.26. The van der Waals surface area contributed by atoms with E-state index in [1.165, 1.54) is 18.2 Å². The molecule has 2 aromatic carbocycles. The van der Waals surface area contributed by atoms with Crippen LogP contribution in [0.1, 0.15) is 17.0 Å². The molecule has 0 unspecified atom stereocenters. The quantitative estimate of drug-likeness (QED) is 0.218. The first kappa shape index (κ1) is 22.4. The monoisotopic (exact) mass is 460 g/mol. The largest absolute Gasteiger partial charge is 0.508 e. The Bertz CT molecular complexity index is 1330. The van der Waals surface area contributed by atoms with Gasteiger partial charge in [0.05, 0.1) is 5.69 Å². The maximum atomic E-state index is 12.3. The lowest BCUT2D eigenvalue weighted by Gasteiger charge is -2.13. The Morgan fingerprint density at radius 2 is 1.56 bits per heavy atom. The van der Waals surface area contributed by atoms with Crippen LogP contribution >= 0.6 is 0 Å². The van der Waals surface area contributed by atoms with Crippen LogP contribution in [0.2, 0.25) is 0 Å². The van der Waals surface area contributed by atoms with E-state index in [0.29, 0.717) is 17.5 Å². The van der Waals surface area contributed by atoms with Crippen molar-refractivity contribution in [2.45, 2.75) is 20.8 Å². The first-order chi connectivity index (χ1) is 16.2. The van der Waals surface area contributed by atoms with Crippen molar-refractivity contribution in [3.8, 4) is 11.5 Å². The molecule has 4 aromatic rings. The Labute approximate surface area is 195 Å². The van der Waals surface area contributed by atoms with Gasteiger partial charge in [0.1, 0.15) is 23.1 Å². The molecule has 0 radical (unpaired) electrons. The van der Waals surface area contributed by atoms with Crippen LogP contribution in [0.3, 0.4) is 0 Å². The number of aromatic hydroxyl groups is 2. The number of urea groups is 1. The van der Waals surface area contributed by atoms with Crippen LogP contribution in [0.4, 0.5) is 39.4 Å². The van der Waals surface area contributed by atoms with E-state index in [0.717, 1.165) is 28.5 Å². The van der Waals surface area contributed by atoms with Crippen LogP contribution in [0, 0.1) is 20.8 Å². The number of nitrogens with one attached hydrogen (secondary N) is 5. The van der Waals surface area contributed by atoms with Crippen molar-refractivity contribution >= 4 is 40.7 Å². The number of carbonyl (C=O) groups excluding carboxylic acids is 1. The van der Waals surface area contributed by atoms with Crippen LogP contribution in [0.15, 0.2) is 48.5 Å². The fraction of sp³-hybridized carbons (Fsp3) is 0.130. The number of benzene rings is 2. The first-order valence-electron chi connectivity index (χ1n) is 10.4. The predicted octanol–water partition coefficient (Wildman–Crippen LogP) is 4.67. The van der Waals surface area contributed by atoms with E-state index in [-0.39, 0.29) is 17.2 Å². The van der Waals surface area contributed by atoms with E-state index >= 15 is 0 Å². The van der Waals surface area contributed by atoms with Gasteiger partial charge in [-0.15, -0.1) is 0 Å². The van der Waals surface area contributed by atoms with E-state index in [1.807, 2.05) is 39.0 Å². The van der Waals surface area contributed by atoms with Gasteiger partial charge in [-0.1, -0.05) is 0 Å². The molecule has 0 fully saturated rings. The summed E-state index contributed by atoms with van der Waals surface area (Å²) in [6, 6.07) is 12.4. The van der Waals surface area contributed by atoms with Crippen molar-refractivity contribution in [1.29, 1.82) is 0 Å². The summed E-state index contributed by atoms with van der Waals surface area (Å²) in [5, 5.41) is 37.7. The fourth-order valence-corrected chi connectivity index (χ4v) is 3.28. The van der Waals surface area contributed by atoms with Gasteiger partial charge in [0.25, 0.3) is 0 Å². The number of nitrogens with zero attached hydrogens (tertiary/aromatic N) is 3. The maximum Gasteiger partial charge on any atom is 0.323 e. The van der Waals surface area contributed by atoms with E-state index < -0.39 is 6.03 Å². The Morgan fingerprint density at radius 3 is 2.24 bits per heavy atom. The number of aryl methyl sites for hydroxylation is 3. The molecule has 0 aliphatic heterocycles. The number of H-pyrrole nitrogens is 1. The SMILES string of the molecule is Cc1cc(Nc2cc(C)nc(Nc3ccc(NC(=O)Nc4cc(O)cc(O)c4)cc3C)n2)[nH]n1. The number of carbonyl (C=O) groups is 1. The van der Waals surface area contributed by atoms with Crippen LogP contribution < -0.4 is 21.3 Å². The third kappa shape index (κ3) is 5.71. The van der Waals surface area contributed by atoms with E-state index in [4.69, 9.17) is 0 Å². The molecule has 2 amide bonds. The van der Waals surface area contributed by atoms with Gasteiger partial charge in [-0.25, -0.2) is 9.78 Å². The first-order valence-corrected chi connectivity index (χ1v) is 10.4. The van der Waals surface area contributed by atoms with Gasteiger partial charge in [-0.3, -0.25) is 5.10 Å². The van der Waals surface area contributed by atoms with Gasteiger partial charge in [0.15, 0.2) is 0 Å². The summed E-state index contributed by atoms with van der Waals surface area (Å²) in [6.07, 6.45) is 0. The Hall–Kier alpha value is -4.80. The minimum Gasteiger partial charge on any atom is -0.508 e. The molecule has 0 aliphatic rings. The summed E-state index contributed by atoms with van der Waals surface area (Å²) >= 11 is 0. The normalized spacial score (nSPS) is 10.6. The third-order valence-electron chi connectivity index (χ3n) is 4.71. The molecule has 0 spiro atoms. The van der Waals surface area contributed by atoms with Gasteiger partial charge in [0, 0.05) is 53.1 Å². The molecule has 4 rings (SSSR count). The second kappa shape index (κ2) is 9.36. The molecule has 0 atom stereocenters. The van der Waals surface area contributed by atoms with Crippen LogP contribution in [-0.2, 0) is 0 Å². The number of phenols is 2. The molecule has 2 heterocycles. The zero-order valence-electron chi connectivity index (χ0n) is 18.8. The number of rotatable bonds is 6. The number of hydrogen-bond acceptors (Lipinski definition) is 8. The molecule has 0 bridgehead atoms. The van der Waals surface area contributed by atoms with Crippen LogP contribution in [0.25, 0.3) is 0 Å². The number of hydrogen-bond donors (Lipinski definition) is 7. The molecule has 0 saturated carbocycles. The molecule has 174 valence electrons. The molecule has 7 N–H and O–H groups in total. The third-order valence-corrected chi connectivity index (χ3v) is 4.71.